The van der Waals surface area contributed by atoms with Gasteiger partial charge in [-0.05, 0) is 30.4 Å². The Balaban J connectivity index is 2.11. The first-order chi connectivity index (χ1) is 9.56. The number of benzene rings is 1. The van der Waals surface area contributed by atoms with Crippen molar-refractivity contribution in [1.82, 2.24) is 10.6 Å². The van der Waals surface area contributed by atoms with E-state index >= 15 is 0 Å². The lowest BCUT2D eigenvalue weighted by Gasteiger charge is -2.02. The van der Waals surface area contributed by atoms with Crippen molar-refractivity contribution in [3.63, 3.8) is 0 Å². The van der Waals surface area contributed by atoms with Crippen LogP contribution in [0.25, 0.3) is 6.08 Å². The fourth-order valence-corrected chi connectivity index (χ4v) is 2.12. The van der Waals surface area contributed by atoms with Gasteiger partial charge in [0.05, 0.1) is 10.5 Å². The van der Waals surface area contributed by atoms with Gasteiger partial charge in [0.15, 0.2) is 10.9 Å². The van der Waals surface area contributed by atoms with Crippen molar-refractivity contribution in [2.75, 3.05) is 6.79 Å². The highest BCUT2D eigenvalue weighted by Gasteiger charge is 2.30. The van der Waals surface area contributed by atoms with Crippen LogP contribution in [-0.4, -0.2) is 22.7 Å². The summed E-state index contributed by atoms with van der Waals surface area (Å²) in [4.78, 5) is 22.2. The normalized spacial score (nSPS) is 18.1. The summed E-state index contributed by atoms with van der Waals surface area (Å²) in [5, 5.41) is 16.4. The first kappa shape index (κ1) is 12.4. The largest absolute Gasteiger partial charge is 0.453 e. The number of hydrogen-bond donors (Lipinski definition) is 2. The number of nitro groups is 1. The molecule has 1 aromatic carbocycles. The van der Waals surface area contributed by atoms with Crippen LogP contribution in [0.4, 0.5) is 5.69 Å². The van der Waals surface area contributed by atoms with Gasteiger partial charge in [0.2, 0.25) is 12.5 Å². The number of thiocarbonyl (C=S) groups is 1. The van der Waals surface area contributed by atoms with E-state index in [1.165, 1.54) is 12.1 Å². The third kappa shape index (κ3) is 1.93. The van der Waals surface area contributed by atoms with E-state index in [1.54, 1.807) is 6.07 Å². The minimum absolute atomic E-state index is 0.0605. The Morgan fingerprint density at radius 2 is 2.15 bits per heavy atom. The standard InChI is InChI=1S/C11H7N3O5S/c15-10-6(12-11(20)13-10)3-5-1-2-7-9(19-4-18-7)8(5)14(16)17/h1-3H,4H2,(H2,12,13,15,20)/b6-3+. The second kappa shape index (κ2) is 4.46. The van der Waals surface area contributed by atoms with Crippen LogP contribution in [0.3, 0.4) is 0 Å². The van der Waals surface area contributed by atoms with Gasteiger partial charge >= 0.3 is 5.69 Å². The minimum atomic E-state index is -0.578. The number of ether oxygens (including phenoxy) is 2. The van der Waals surface area contributed by atoms with Crippen molar-refractivity contribution in [3.05, 3.63) is 33.5 Å². The highest BCUT2D eigenvalue weighted by Crippen LogP contribution is 2.43. The highest BCUT2D eigenvalue weighted by atomic mass is 32.1. The lowest BCUT2D eigenvalue weighted by Crippen LogP contribution is -2.21. The van der Waals surface area contributed by atoms with Gasteiger partial charge in [0.1, 0.15) is 5.70 Å². The van der Waals surface area contributed by atoms with Crippen LogP contribution >= 0.6 is 12.2 Å². The zero-order chi connectivity index (χ0) is 14.3. The molecule has 0 aliphatic carbocycles. The summed E-state index contributed by atoms with van der Waals surface area (Å²) in [5.41, 5.74) is 0.110. The number of nitrogens with zero attached hydrogens (tertiary/aromatic N) is 1. The number of hydrogen-bond acceptors (Lipinski definition) is 6. The Hall–Kier alpha value is -2.68. The number of nitrogens with one attached hydrogen (secondary N) is 2. The zero-order valence-electron chi connectivity index (χ0n) is 9.84. The molecule has 2 aliphatic heterocycles. The Bertz CT molecular complexity index is 685. The van der Waals surface area contributed by atoms with E-state index in [0.29, 0.717) is 5.75 Å². The molecular formula is C11H7N3O5S. The summed E-state index contributed by atoms with van der Waals surface area (Å²) in [6.45, 7) is -0.0704. The van der Waals surface area contributed by atoms with Crippen LogP contribution < -0.4 is 20.1 Å². The predicted molar refractivity (Wildman–Crippen MR) is 71.1 cm³/mol. The van der Waals surface area contributed by atoms with Gasteiger partial charge < -0.3 is 14.8 Å². The second-order valence-electron chi connectivity index (χ2n) is 3.96. The Kier molecular flexibility index (Phi) is 2.75. The monoisotopic (exact) mass is 293 g/mol. The smallest absolute Gasteiger partial charge is 0.322 e. The van der Waals surface area contributed by atoms with E-state index in [9.17, 15) is 14.9 Å². The highest BCUT2D eigenvalue weighted by molar-refractivity contribution is 7.80. The van der Waals surface area contributed by atoms with Crippen LogP contribution in [0.5, 0.6) is 11.5 Å². The molecule has 8 nitrogen and oxygen atoms in total. The first-order valence-corrected chi connectivity index (χ1v) is 5.88. The molecule has 2 heterocycles. The molecule has 0 unspecified atom stereocenters. The van der Waals surface area contributed by atoms with Crippen molar-refractivity contribution < 1.29 is 19.2 Å². The number of amides is 1. The third-order valence-electron chi connectivity index (χ3n) is 2.75. The summed E-state index contributed by atoms with van der Waals surface area (Å²) in [6, 6.07) is 3.03. The number of fused-ring (bicyclic) bond motifs is 1. The topological polar surface area (TPSA) is 103 Å². The lowest BCUT2D eigenvalue weighted by atomic mass is 10.1. The molecule has 3 rings (SSSR count). The van der Waals surface area contributed by atoms with Gasteiger partial charge in [-0.3, -0.25) is 20.2 Å². The first-order valence-electron chi connectivity index (χ1n) is 5.47. The quantitative estimate of drug-likeness (QED) is 0.357. The van der Waals surface area contributed by atoms with Crippen molar-refractivity contribution in [2.45, 2.75) is 0 Å². The SMILES string of the molecule is O=C1NC(=S)N/C1=C/c1ccc2c(c1[N+](=O)[O-])OCO2. The molecule has 1 amide bonds. The number of carbonyl (C=O) groups is 1. The van der Waals surface area contributed by atoms with E-state index in [2.05, 4.69) is 10.6 Å². The maximum absolute atomic E-state index is 11.5. The Morgan fingerprint density at radius 3 is 2.80 bits per heavy atom. The third-order valence-corrected chi connectivity index (χ3v) is 2.95. The molecule has 0 saturated carbocycles. The maximum atomic E-state index is 11.5. The van der Waals surface area contributed by atoms with Gasteiger partial charge in [-0.25, -0.2) is 0 Å². The molecule has 1 aromatic rings. The summed E-state index contributed by atoms with van der Waals surface area (Å²) in [5.74, 6) is -0.0782. The molecule has 1 saturated heterocycles. The van der Waals surface area contributed by atoms with E-state index in [-0.39, 0.29) is 34.6 Å². The van der Waals surface area contributed by atoms with Crippen LogP contribution in [0, 0.1) is 10.1 Å². The van der Waals surface area contributed by atoms with Crippen LogP contribution in [0.15, 0.2) is 17.8 Å². The van der Waals surface area contributed by atoms with Crippen molar-refractivity contribution >= 4 is 35.0 Å². The second-order valence-corrected chi connectivity index (χ2v) is 4.37. The van der Waals surface area contributed by atoms with Crippen LogP contribution in [0.2, 0.25) is 0 Å². The Labute approximate surface area is 117 Å². The van der Waals surface area contributed by atoms with E-state index in [0.717, 1.165) is 0 Å². The summed E-state index contributed by atoms with van der Waals surface area (Å²) in [6.07, 6.45) is 1.34. The molecule has 2 aliphatic rings. The van der Waals surface area contributed by atoms with E-state index in [1.807, 2.05) is 0 Å². The maximum Gasteiger partial charge on any atom is 0.322 e. The number of rotatable bonds is 2. The van der Waals surface area contributed by atoms with Gasteiger partial charge in [-0.2, -0.15) is 0 Å². The fourth-order valence-electron chi connectivity index (χ4n) is 1.92. The summed E-state index contributed by atoms with van der Waals surface area (Å²) < 4.78 is 10.2. The lowest BCUT2D eigenvalue weighted by molar-refractivity contribution is -0.385. The molecule has 102 valence electrons. The Morgan fingerprint density at radius 1 is 1.35 bits per heavy atom. The van der Waals surface area contributed by atoms with Gasteiger partial charge in [-0.15, -0.1) is 0 Å². The molecule has 0 aromatic heterocycles. The summed E-state index contributed by atoms with van der Waals surface area (Å²) in [7, 11) is 0. The molecule has 0 bridgehead atoms. The molecule has 20 heavy (non-hydrogen) atoms. The van der Waals surface area contributed by atoms with E-state index < -0.39 is 10.8 Å². The van der Waals surface area contributed by atoms with Crippen LogP contribution in [0.1, 0.15) is 5.56 Å². The zero-order valence-corrected chi connectivity index (χ0v) is 10.7. The molecule has 9 heteroatoms. The van der Waals surface area contributed by atoms with Crippen LogP contribution in [-0.2, 0) is 4.79 Å². The molecule has 0 spiro atoms. The van der Waals surface area contributed by atoms with Gasteiger partial charge in [0.25, 0.3) is 5.91 Å². The van der Waals surface area contributed by atoms with Crippen molar-refractivity contribution in [3.8, 4) is 11.5 Å². The average Bonchev–Trinajstić information content (AvgIpc) is 2.95. The van der Waals surface area contributed by atoms with Crippen molar-refractivity contribution in [2.24, 2.45) is 0 Å². The van der Waals surface area contributed by atoms with Crippen molar-refractivity contribution in [1.29, 1.82) is 0 Å². The average molecular weight is 293 g/mol. The molecule has 1 fully saturated rings. The van der Waals surface area contributed by atoms with Gasteiger partial charge in [0, 0.05) is 0 Å². The number of carbonyl (C=O) groups excluding carboxylic acids is 1. The van der Waals surface area contributed by atoms with E-state index in [4.69, 9.17) is 21.7 Å². The number of nitro benzene ring substituents is 1. The minimum Gasteiger partial charge on any atom is -0.453 e. The molecular weight excluding hydrogens is 286 g/mol. The predicted octanol–water partition coefficient (Wildman–Crippen LogP) is 0.669. The molecule has 0 atom stereocenters. The fraction of sp³-hybridized carbons (Fsp3) is 0.0909. The van der Waals surface area contributed by atoms with Gasteiger partial charge in [-0.1, -0.05) is 0 Å². The summed E-state index contributed by atoms with van der Waals surface area (Å²) >= 11 is 4.79. The molecule has 2 N–H and O–H groups in total. The molecule has 0 radical (unpaired) electrons.